The topological polar surface area (TPSA) is 70.7 Å². The highest BCUT2D eigenvalue weighted by atomic mass is 16.5. The molecule has 1 fully saturated rings. The summed E-state index contributed by atoms with van der Waals surface area (Å²) in [6, 6.07) is 7.87. The largest absolute Gasteiger partial charge is 0.477 e. The Hall–Kier alpha value is -2.24. The summed E-state index contributed by atoms with van der Waals surface area (Å²) in [5.74, 6) is 0.543. The van der Waals surface area contributed by atoms with Crippen molar-refractivity contribution in [3.8, 4) is 5.75 Å². The molecule has 1 aliphatic heterocycles. The number of hydrogen-bond donors (Lipinski definition) is 2. The van der Waals surface area contributed by atoms with Crippen LogP contribution in [0.25, 0.3) is 0 Å². The van der Waals surface area contributed by atoms with E-state index in [0.717, 1.165) is 24.9 Å². The van der Waals surface area contributed by atoms with Crippen LogP contribution in [0, 0.1) is 0 Å². The summed E-state index contributed by atoms with van der Waals surface area (Å²) in [4.78, 5) is 26.8. The van der Waals surface area contributed by atoms with Crippen LogP contribution < -0.4 is 20.3 Å². The molecule has 1 aliphatic carbocycles. The van der Waals surface area contributed by atoms with Gasteiger partial charge in [0, 0.05) is 12.6 Å². The second-order valence-corrected chi connectivity index (χ2v) is 7.15. The Kier molecular flexibility index (Phi) is 6.36. The predicted octanol–water partition coefficient (Wildman–Crippen LogP) is 2.23. The molecule has 142 valence electrons. The molecule has 1 aromatic rings. The van der Waals surface area contributed by atoms with Crippen molar-refractivity contribution in [2.24, 2.45) is 0 Å². The first-order chi connectivity index (χ1) is 12.7. The summed E-state index contributed by atoms with van der Waals surface area (Å²) >= 11 is 0. The van der Waals surface area contributed by atoms with Gasteiger partial charge >= 0.3 is 0 Å². The number of hydrogen-bond acceptors (Lipinski definition) is 4. The summed E-state index contributed by atoms with van der Waals surface area (Å²) in [5.41, 5.74) is 0.867. The molecule has 2 N–H and O–H groups in total. The lowest BCUT2D eigenvalue weighted by Crippen LogP contribution is -2.52. The molecule has 2 amide bonds. The van der Waals surface area contributed by atoms with Crippen molar-refractivity contribution in [1.82, 2.24) is 10.6 Å². The fourth-order valence-corrected chi connectivity index (χ4v) is 3.65. The van der Waals surface area contributed by atoms with E-state index in [1.54, 1.807) is 0 Å². The zero-order valence-electron chi connectivity index (χ0n) is 15.5. The van der Waals surface area contributed by atoms with E-state index in [2.05, 4.69) is 10.6 Å². The Morgan fingerprint density at radius 3 is 2.73 bits per heavy atom. The third kappa shape index (κ3) is 4.68. The summed E-state index contributed by atoms with van der Waals surface area (Å²) in [7, 11) is 0. The fourth-order valence-electron chi connectivity index (χ4n) is 3.65. The third-order valence-corrected chi connectivity index (χ3v) is 5.01. The zero-order valence-corrected chi connectivity index (χ0v) is 15.5. The number of anilines is 1. The molecule has 1 heterocycles. The normalized spacial score (nSPS) is 20.0. The number of benzene rings is 1. The Morgan fingerprint density at radius 2 is 1.96 bits per heavy atom. The highest BCUT2D eigenvalue weighted by Gasteiger charge is 2.31. The third-order valence-electron chi connectivity index (χ3n) is 5.01. The van der Waals surface area contributed by atoms with Crippen LogP contribution in [0.4, 0.5) is 5.69 Å². The lowest BCUT2D eigenvalue weighted by atomic mass is 9.95. The molecule has 2 aliphatic rings. The monoisotopic (exact) mass is 359 g/mol. The van der Waals surface area contributed by atoms with E-state index in [0.29, 0.717) is 18.8 Å². The maximum atomic E-state index is 12.5. The maximum absolute atomic E-state index is 12.5. The SMILES string of the molecule is CCCNC(=O)[C@@H]1CN(CC(=O)NC2CCCCC2)c2ccccc2O1. The first-order valence-electron chi connectivity index (χ1n) is 9.75. The first-order valence-corrected chi connectivity index (χ1v) is 9.75. The van der Waals surface area contributed by atoms with E-state index in [-0.39, 0.29) is 24.4 Å². The van der Waals surface area contributed by atoms with Crippen LogP contribution in [0.5, 0.6) is 5.75 Å². The van der Waals surface area contributed by atoms with Crippen molar-refractivity contribution in [3.05, 3.63) is 24.3 Å². The Balaban J connectivity index is 1.65. The molecule has 6 heteroatoms. The van der Waals surface area contributed by atoms with Crippen molar-refractivity contribution in [3.63, 3.8) is 0 Å². The Labute approximate surface area is 155 Å². The molecule has 0 unspecified atom stereocenters. The molecule has 0 saturated heterocycles. The summed E-state index contributed by atoms with van der Waals surface area (Å²) in [6.07, 6.45) is 6.04. The molecule has 1 atom stereocenters. The van der Waals surface area contributed by atoms with Gasteiger partial charge in [0.1, 0.15) is 5.75 Å². The number of fused-ring (bicyclic) bond motifs is 1. The summed E-state index contributed by atoms with van der Waals surface area (Å²) < 4.78 is 5.87. The molecular formula is C20H29N3O3. The molecule has 0 aromatic heterocycles. The van der Waals surface area contributed by atoms with Gasteiger partial charge in [0.15, 0.2) is 6.10 Å². The number of ether oxygens (including phenoxy) is 1. The van der Waals surface area contributed by atoms with Crippen LogP contribution in [0.15, 0.2) is 24.3 Å². The summed E-state index contributed by atoms with van der Waals surface area (Å²) in [5, 5.41) is 6.03. The number of carbonyl (C=O) groups excluding carboxylic acids is 2. The first kappa shape index (κ1) is 18.5. The molecule has 1 aromatic carbocycles. The van der Waals surface area contributed by atoms with Crippen LogP contribution in [0.1, 0.15) is 45.4 Å². The van der Waals surface area contributed by atoms with Crippen molar-refractivity contribution >= 4 is 17.5 Å². The minimum atomic E-state index is -0.598. The minimum absolute atomic E-state index is 0.0151. The number of amides is 2. The number of nitrogens with zero attached hydrogens (tertiary/aromatic N) is 1. The number of para-hydroxylation sites is 2. The lowest BCUT2D eigenvalue weighted by Gasteiger charge is -2.35. The van der Waals surface area contributed by atoms with Crippen LogP contribution in [0.2, 0.25) is 0 Å². The van der Waals surface area contributed by atoms with Gasteiger partial charge < -0.3 is 20.3 Å². The van der Waals surface area contributed by atoms with Gasteiger partial charge in [-0.05, 0) is 31.4 Å². The van der Waals surface area contributed by atoms with Gasteiger partial charge in [0.2, 0.25) is 5.91 Å². The van der Waals surface area contributed by atoms with Crippen molar-refractivity contribution in [2.75, 3.05) is 24.5 Å². The van der Waals surface area contributed by atoms with Gasteiger partial charge in [0.25, 0.3) is 5.91 Å². The van der Waals surface area contributed by atoms with E-state index < -0.39 is 6.10 Å². The molecule has 0 bridgehead atoms. The van der Waals surface area contributed by atoms with Crippen LogP contribution >= 0.6 is 0 Å². The predicted molar refractivity (Wildman–Crippen MR) is 101 cm³/mol. The summed E-state index contributed by atoms with van der Waals surface area (Å²) in [6.45, 7) is 3.26. The second kappa shape index (κ2) is 8.92. The van der Waals surface area contributed by atoms with E-state index in [1.165, 1.54) is 19.3 Å². The average molecular weight is 359 g/mol. The molecule has 1 saturated carbocycles. The molecular weight excluding hydrogens is 330 g/mol. The standard InChI is InChI=1S/C20H29N3O3/c1-2-12-21-20(25)18-13-23(16-10-6-7-11-17(16)26-18)14-19(24)22-15-8-4-3-5-9-15/h6-7,10-11,15,18H,2-5,8-9,12-14H2,1H3,(H,21,25)(H,22,24)/t18-/m0/s1. The van der Waals surface area contributed by atoms with E-state index in [4.69, 9.17) is 4.74 Å². The quantitative estimate of drug-likeness (QED) is 0.817. The molecule has 0 radical (unpaired) electrons. The molecule has 3 rings (SSSR count). The number of nitrogens with one attached hydrogen (secondary N) is 2. The van der Waals surface area contributed by atoms with Gasteiger partial charge in [-0.3, -0.25) is 9.59 Å². The van der Waals surface area contributed by atoms with Gasteiger partial charge in [-0.15, -0.1) is 0 Å². The van der Waals surface area contributed by atoms with E-state index in [9.17, 15) is 9.59 Å². The zero-order chi connectivity index (χ0) is 18.4. The van der Waals surface area contributed by atoms with E-state index in [1.807, 2.05) is 36.1 Å². The van der Waals surface area contributed by atoms with Crippen LogP contribution in [-0.4, -0.2) is 43.6 Å². The van der Waals surface area contributed by atoms with Gasteiger partial charge in [-0.25, -0.2) is 0 Å². The minimum Gasteiger partial charge on any atom is -0.477 e. The molecule has 0 spiro atoms. The smallest absolute Gasteiger partial charge is 0.262 e. The lowest BCUT2D eigenvalue weighted by molar-refractivity contribution is -0.128. The van der Waals surface area contributed by atoms with Gasteiger partial charge in [0.05, 0.1) is 18.8 Å². The van der Waals surface area contributed by atoms with Crippen LogP contribution in [0.3, 0.4) is 0 Å². The number of carbonyl (C=O) groups is 2. The molecule has 6 nitrogen and oxygen atoms in total. The van der Waals surface area contributed by atoms with Gasteiger partial charge in [-0.1, -0.05) is 38.3 Å². The van der Waals surface area contributed by atoms with Crippen LogP contribution in [-0.2, 0) is 9.59 Å². The molecule has 26 heavy (non-hydrogen) atoms. The Bertz CT molecular complexity index is 628. The second-order valence-electron chi connectivity index (χ2n) is 7.15. The van der Waals surface area contributed by atoms with Crippen molar-refractivity contribution < 1.29 is 14.3 Å². The highest BCUT2D eigenvalue weighted by molar-refractivity contribution is 5.86. The van der Waals surface area contributed by atoms with Crippen molar-refractivity contribution in [2.45, 2.75) is 57.6 Å². The Morgan fingerprint density at radius 1 is 1.19 bits per heavy atom. The fraction of sp³-hybridized carbons (Fsp3) is 0.600. The number of rotatable bonds is 6. The average Bonchev–Trinajstić information content (AvgIpc) is 2.66. The van der Waals surface area contributed by atoms with Crippen molar-refractivity contribution in [1.29, 1.82) is 0 Å². The maximum Gasteiger partial charge on any atom is 0.262 e. The van der Waals surface area contributed by atoms with Gasteiger partial charge in [-0.2, -0.15) is 0 Å². The highest BCUT2D eigenvalue weighted by Crippen LogP contribution is 2.33. The van der Waals surface area contributed by atoms with E-state index >= 15 is 0 Å².